The van der Waals surface area contributed by atoms with Gasteiger partial charge < -0.3 is 15.8 Å². The Morgan fingerprint density at radius 3 is 2.94 bits per heavy atom. The summed E-state index contributed by atoms with van der Waals surface area (Å²) in [5, 5.41) is 2.44. The van der Waals surface area contributed by atoms with Gasteiger partial charge in [-0.15, -0.1) is 0 Å². The highest BCUT2D eigenvalue weighted by atomic mass is 16.5. The van der Waals surface area contributed by atoms with Crippen molar-refractivity contribution in [1.29, 1.82) is 0 Å². The van der Waals surface area contributed by atoms with E-state index in [1.165, 1.54) is 0 Å². The van der Waals surface area contributed by atoms with E-state index in [4.69, 9.17) is 10.5 Å². The van der Waals surface area contributed by atoms with E-state index in [1.54, 1.807) is 12.1 Å². The minimum Gasteiger partial charge on any atom is -0.454 e. The Kier molecular flexibility index (Phi) is 3.50. The van der Waals surface area contributed by atoms with E-state index < -0.39 is 6.03 Å². The Morgan fingerprint density at radius 2 is 2.28 bits per heavy atom. The third-order valence-electron chi connectivity index (χ3n) is 2.96. The number of amides is 2. The molecule has 0 fully saturated rings. The lowest BCUT2D eigenvalue weighted by molar-refractivity contribution is 0.0364. The summed E-state index contributed by atoms with van der Waals surface area (Å²) >= 11 is 0. The van der Waals surface area contributed by atoms with Crippen molar-refractivity contribution in [3.05, 3.63) is 29.3 Å². The average Bonchev–Trinajstić information content (AvgIpc) is 2.63. The van der Waals surface area contributed by atoms with Crippen LogP contribution in [0, 0.1) is 0 Å². The Morgan fingerprint density at radius 1 is 1.50 bits per heavy atom. The summed E-state index contributed by atoms with van der Waals surface area (Å²) in [6, 6.07) is 4.49. The second-order valence-corrected chi connectivity index (χ2v) is 4.33. The molecule has 96 valence electrons. The van der Waals surface area contributed by atoms with Crippen LogP contribution in [0.3, 0.4) is 0 Å². The van der Waals surface area contributed by atoms with Gasteiger partial charge in [0, 0.05) is 11.3 Å². The summed E-state index contributed by atoms with van der Waals surface area (Å²) in [5.41, 5.74) is 6.95. The van der Waals surface area contributed by atoms with Gasteiger partial charge in [0.25, 0.3) is 0 Å². The number of carbonyl (C=O) groups excluding carboxylic acids is 2. The molecule has 1 heterocycles. The lowest BCUT2D eigenvalue weighted by Crippen LogP contribution is -2.19. The van der Waals surface area contributed by atoms with Crippen molar-refractivity contribution < 1.29 is 14.3 Å². The summed E-state index contributed by atoms with van der Waals surface area (Å²) in [5.74, 6) is -0.334. The molecular weight excluding hydrogens is 232 g/mol. The molecule has 5 heteroatoms. The molecule has 1 aliphatic heterocycles. The molecule has 1 aromatic carbocycles. The Balaban J connectivity index is 2.22. The van der Waals surface area contributed by atoms with E-state index in [-0.39, 0.29) is 12.1 Å². The molecule has 0 spiro atoms. The highest BCUT2D eigenvalue weighted by Crippen LogP contribution is 2.35. The molecule has 0 bridgehead atoms. The zero-order valence-electron chi connectivity index (χ0n) is 10.2. The summed E-state index contributed by atoms with van der Waals surface area (Å²) in [7, 11) is 0. The van der Waals surface area contributed by atoms with Gasteiger partial charge in [0.05, 0.1) is 5.56 Å². The van der Waals surface area contributed by atoms with Crippen LogP contribution in [0.25, 0.3) is 0 Å². The molecule has 1 aliphatic rings. The van der Waals surface area contributed by atoms with Crippen LogP contribution in [0.2, 0.25) is 0 Å². The Labute approximate surface area is 105 Å². The lowest BCUT2D eigenvalue weighted by Gasteiger charge is -2.09. The first-order valence-electron chi connectivity index (χ1n) is 6.03. The smallest absolute Gasteiger partial charge is 0.339 e. The molecule has 0 aromatic heterocycles. The van der Waals surface area contributed by atoms with Gasteiger partial charge in [-0.1, -0.05) is 19.4 Å². The third-order valence-corrected chi connectivity index (χ3v) is 2.96. The molecule has 0 radical (unpaired) electrons. The minimum atomic E-state index is -0.649. The van der Waals surface area contributed by atoms with Crippen LogP contribution >= 0.6 is 0 Å². The number of carbonyl (C=O) groups is 2. The van der Waals surface area contributed by atoms with Crippen molar-refractivity contribution in [2.45, 2.75) is 32.3 Å². The number of rotatable bonds is 4. The number of urea groups is 1. The van der Waals surface area contributed by atoms with Gasteiger partial charge in [0.2, 0.25) is 0 Å². The standard InChI is InChI=1S/C13H16N2O3/c1-2-3-4-11-9-6-5-8(15-13(14)17)7-10(9)12(16)18-11/h5-7,11H,2-4H2,1H3,(H3,14,15,17). The highest BCUT2D eigenvalue weighted by Gasteiger charge is 2.30. The van der Waals surface area contributed by atoms with Gasteiger partial charge in [0.15, 0.2) is 0 Å². The van der Waals surface area contributed by atoms with Crippen LogP contribution in [-0.4, -0.2) is 12.0 Å². The van der Waals surface area contributed by atoms with E-state index in [9.17, 15) is 9.59 Å². The first-order chi connectivity index (χ1) is 8.61. The Hall–Kier alpha value is -2.04. The van der Waals surface area contributed by atoms with Crippen LogP contribution in [0.4, 0.5) is 10.5 Å². The summed E-state index contributed by atoms with van der Waals surface area (Å²) < 4.78 is 5.31. The monoisotopic (exact) mass is 248 g/mol. The van der Waals surface area contributed by atoms with Crippen molar-refractivity contribution in [3.8, 4) is 0 Å². The summed E-state index contributed by atoms with van der Waals surface area (Å²) in [6.07, 6.45) is 2.75. The van der Waals surface area contributed by atoms with Crippen LogP contribution in [0.5, 0.6) is 0 Å². The number of hydrogen-bond donors (Lipinski definition) is 2. The molecule has 0 saturated carbocycles. The van der Waals surface area contributed by atoms with E-state index in [1.807, 2.05) is 6.07 Å². The van der Waals surface area contributed by atoms with Gasteiger partial charge in [0.1, 0.15) is 6.10 Å². The van der Waals surface area contributed by atoms with Crippen LogP contribution in [0.1, 0.15) is 48.2 Å². The minimum absolute atomic E-state index is 0.157. The molecule has 3 N–H and O–H groups in total. The second-order valence-electron chi connectivity index (χ2n) is 4.33. The van der Waals surface area contributed by atoms with E-state index in [0.717, 1.165) is 24.8 Å². The number of nitrogens with one attached hydrogen (secondary N) is 1. The molecule has 0 aliphatic carbocycles. The number of fused-ring (bicyclic) bond motifs is 1. The SMILES string of the molecule is CCCCC1OC(=O)c2cc(NC(N)=O)ccc21. The number of ether oxygens (including phenoxy) is 1. The van der Waals surface area contributed by atoms with Gasteiger partial charge in [-0.2, -0.15) is 0 Å². The van der Waals surface area contributed by atoms with Gasteiger partial charge in [-0.25, -0.2) is 9.59 Å². The molecule has 0 saturated heterocycles. The highest BCUT2D eigenvalue weighted by molar-refractivity contribution is 5.96. The van der Waals surface area contributed by atoms with Crippen molar-refractivity contribution >= 4 is 17.7 Å². The predicted molar refractivity (Wildman–Crippen MR) is 67.3 cm³/mol. The zero-order valence-corrected chi connectivity index (χ0v) is 10.2. The van der Waals surface area contributed by atoms with Crippen LogP contribution in [0.15, 0.2) is 18.2 Å². The van der Waals surface area contributed by atoms with Gasteiger partial charge in [-0.05, 0) is 25.0 Å². The maximum absolute atomic E-state index is 11.7. The molecule has 1 aromatic rings. The third kappa shape index (κ3) is 2.45. The number of esters is 1. The Bertz CT molecular complexity index is 485. The number of nitrogens with two attached hydrogens (primary N) is 1. The van der Waals surface area contributed by atoms with Crippen molar-refractivity contribution in [3.63, 3.8) is 0 Å². The lowest BCUT2D eigenvalue weighted by atomic mass is 10.0. The van der Waals surface area contributed by atoms with E-state index in [0.29, 0.717) is 11.3 Å². The maximum Gasteiger partial charge on any atom is 0.339 e. The summed E-state index contributed by atoms with van der Waals surface area (Å²) in [4.78, 5) is 22.5. The van der Waals surface area contributed by atoms with Crippen LogP contribution in [-0.2, 0) is 4.74 Å². The fourth-order valence-electron chi connectivity index (χ4n) is 2.09. The quantitative estimate of drug-likeness (QED) is 0.803. The van der Waals surface area contributed by atoms with Crippen LogP contribution < -0.4 is 11.1 Å². The number of hydrogen-bond acceptors (Lipinski definition) is 3. The molecule has 2 rings (SSSR count). The number of anilines is 1. The zero-order chi connectivity index (χ0) is 13.1. The second kappa shape index (κ2) is 5.08. The predicted octanol–water partition coefficient (Wildman–Crippen LogP) is 2.58. The molecular formula is C13H16N2O3. The molecule has 1 atom stereocenters. The molecule has 1 unspecified atom stereocenters. The van der Waals surface area contributed by atoms with Gasteiger partial charge in [-0.3, -0.25) is 0 Å². The van der Waals surface area contributed by atoms with Gasteiger partial charge >= 0.3 is 12.0 Å². The fourth-order valence-corrected chi connectivity index (χ4v) is 2.09. The number of cyclic esters (lactones) is 1. The summed E-state index contributed by atoms with van der Waals surface area (Å²) in [6.45, 7) is 2.09. The number of primary amides is 1. The molecule has 5 nitrogen and oxygen atoms in total. The number of unbranched alkanes of at least 4 members (excludes halogenated alkanes) is 1. The van der Waals surface area contributed by atoms with E-state index >= 15 is 0 Å². The molecule has 18 heavy (non-hydrogen) atoms. The van der Waals surface area contributed by atoms with Crippen molar-refractivity contribution in [2.24, 2.45) is 5.73 Å². The first-order valence-corrected chi connectivity index (χ1v) is 6.03. The molecule has 2 amide bonds. The average molecular weight is 248 g/mol. The van der Waals surface area contributed by atoms with Crippen molar-refractivity contribution in [1.82, 2.24) is 0 Å². The first kappa shape index (κ1) is 12.4. The maximum atomic E-state index is 11.7. The van der Waals surface area contributed by atoms with Crippen molar-refractivity contribution in [2.75, 3.05) is 5.32 Å². The fraction of sp³-hybridized carbons (Fsp3) is 0.385. The largest absolute Gasteiger partial charge is 0.454 e. The normalized spacial score (nSPS) is 17.2. The van der Waals surface area contributed by atoms with E-state index in [2.05, 4.69) is 12.2 Å². The topological polar surface area (TPSA) is 81.4 Å². The number of benzene rings is 1.